The molecule has 0 spiro atoms. The number of nitrogens with one attached hydrogen (secondary N) is 1. The van der Waals surface area contributed by atoms with E-state index in [-0.39, 0.29) is 12.2 Å². The standard InChI is InChI=1S/C23H31N3O3S/c1-15(2)10-11-26(12-18(27)14-29-19-8-6-5-7-9-19)13-20-24-22(28)21-16(3)17(4)30-23(21)25-20/h5-9,15,18,27H,10-14H2,1-4H3,(H,24,25,28)/t18-/m1/s1. The van der Waals surface area contributed by atoms with E-state index in [1.807, 2.05) is 44.2 Å². The number of benzene rings is 1. The van der Waals surface area contributed by atoms with Crippen LogP contribution in [0.1, 0.15) is 36.5 Å². The van der Waals surface area contributed by atoms with E-state index in [1.54, 1.807) is 11.3 Å². The van der Waals surface area contributed by atoms with E-state index in [0.29, 0.717) is 30.2 Å². The lowest BCUT2D eigenvalue weighted by molar-refractivity contribution is 0.0631. The first-order valence-electron chi connectivity index (χ1n) is 10.4. The second-order valence-corrected chi connectivity index (χ2v) is 9.37. The van der Waals surface area contributed by atoms with Crippen molar-refractivity contribution in [3.63, 3.8) is 0 Å². The summed E-state index contributed by atoms with van der Waals surface area (Å²) in [6, 6.07) is 9.49. The first-order valence-corrected chi connectivity index (χ1v) is 11.2. The molecule has 2 heterocycles. The maximum absolute atomic E-state index is 12.6. The van der Waals surface area contributed by atoms with Crippen LogP contribution < -0.4 is 10.3 Å². The minimum absolute atomic E-state index is 0.0892. The molecule has 2 N–H and O–H groups in total. The predicted octanol–water partition coefficient (Wildman–Crippen LogP) is 3.89. The number of aryl methyl sites for hydroxylation is 2. The highest BCUT2D eigenvalue weighted by Gasteiger charge is 2.17. The average molecular weight is 430 g/mol. The number of thiophene rings is 1. The van der Waals surface area contributed by atoms with Crippen molar-refractivity contribution in [2.24, 2.45) is 5.92 Å². The number of rotatable bonds is 10. The molecule has 3 rings (SSSR count). The third-order valence-electron chi connectivity index (χ3n) is 5.14. The van der Waals surface area contributed by atoms with Gasteiger partial charge in [-0.25, -0.2) is 4.98 Å². The summed E-state index contributed by atoms with van der Waals surface area (Å²) in [5, 5.41) is 11.2. The Hall–Kier alpha value is -2.22. The van der Waals surface area contributed by atoms with E-state index in [4.69, 9.17) is 9.72 Å². The molecule has 162 valence electrons. The van der Waals surface area contributed by atoms with Crippen molar-refractivity contribution in [3.05, 3.63) is 57.0 Å². The molecule has 0 aliphatic carbocycles. The fourth-order valence-electron chi connectivity index (χ4n) is 3.32. The summed E-state index contributed by atoms with van der Waals surface area (Å²) in [4.78, 5) is 24.2. The molecule has 7 heteroatoms. The molecule has 0 radical (unpaired) electrons. The molecule has 0 unspecified atom stereocenters. The summed E-state index contributed by atoms with van der Waals surface area (Å²) in [6.07, 6.45) is 0.356. The summed E-state index contributed by atoms with van der Waals surface area (Å²) < 4.78 is 5.69. The minimum atomic E-state index is -0.640. The van der Waals surface area contributed by atoms with Crippen molar-refractivity contribution in [2.45, 2.75) is 46.8 Å². The first kappa shape index (κ1) is 22.5. The van der Waals surface area contributed by atoms with Crippen LogP contribution in [0.4, 0.5) is 0 Å². The zero-order valence-electron chi connectivity index (χ0n) is 18.1. The van der Waals surface area contributed by atoms with Crippen LogP contribution in [-0.4, -0.2) is 45.8 Å². The monoisotopic (exact) mass is 429 g/mol. The minimum Gasteiger partial charge on any atom is -0.491 e. The topological polar surface area (TPSA) is 78.5 Å². The maximum Gasteiger partial charge on any atom is 0.259 e. The number of nitrogens with zero attached hydrogens (tertiary/aromatic N) is 2. The van der Waals surface area contributed by atoms with Gasteiger partial charge in [0.15, 0.2) is 0 Å². The van der Waals surface area contributed by atoms with Crippen LogP contribution in [0.25, 0.3) is 10.2 Å². The van der Waals surface area contributed by atoms with Gasteiger partial charge in [0.2, 0.25) is 0 Å². The summed E-state index contributed by atoms with van der Waals surface area (Å²) >= 11 is 1.55. The Morgan fingerprint density at radius 3 is 2.67 bits per heavy atom. The molecule has 2 aromatic heterocycles. The van der Waals surface area contributed by atoms with Gasteiger partial charge in [0, 0.05) is 11.4 Å². The highest BCUT2D eigenvalue weighted by molar-refractivity contribution is 7.18. The number of H-pyrrole nitrogens is 1. The molecule has 0 amide bonds. The van der Waals surface area contributed by atoms with Crippen LogP contribution in [0.15, 0.2) is 35.1 Å². The fraction of sp³-hybridized carbons (Fsp3) is 0.478. The van der Waals surface area contributed by atoms with E-state index in [1.165, 1.54) is 0 Å². The van der Waals surface area contributed by atoms with Gasteiger partial charge in [-0.15, -0.1) is 11.3 Å². The summed E-state index contributed by atoms with van der Waals surface area (Å²) in [7, 11) is 0. The molecule has 0 aliphatic rings. The Labute approximate surface area is 181 Å². The van der Waals surface area contributed by atoms with Gasteiger partial charge in [0.05, 0.1) is 11.9 Å². The van der Waals surface area contributed by atoms with Crippen molar-refractivity contribution < 1.29 is 9.84 Å². The Morgan fingerprint density at radius 2 is 1.97 bits per heavy atom. The van der Waals surface area contributed by atoms with Crippen molar-refractivity contribution in [1.29, 1.82) is 0 Å². The number of hydrogen-bond acceptors (Lipinski definition) is 6. The third kappa shape index (κ3) is 5.90. The second-order valence-electron chi connectivity index (χ2n) is 8.17. The molecule has 1 aromatic carbocycles. The Kier molecular flexibility index (Phi) is 7.64. The lowest BCUT2D eigenvalue weighted by atomic mass is 10.1. The van der Waals surface area contributed by atoms with E-state index in [2.05, 4.69) is 23.7 Å². The van der Waals surface area contributed by atoms with Gasteiger partial charge in [-0.2, -0.15) is 0 Å². The average Bonchev–Trinajstić information content (AvgIpc) is 2.99. The summed E-state index contributed by atoms with van der Waals surface area (Å²) in [6.45, 7) is 10.3. The van der Waals surface area contributed by atoms with E-state index < -0.39 is 6.10 Å². The van der Waals surface area contributed by atoms with Gasteiger partial charge in [0.1, 0.15) is 29.1 Å². The number of aromatic amines is 1. The van der Waals surface area contributed by atoms with Crippen molar-refractivity contribution in [2.75, 3.05) is 19.7 Å². The Balaban J connectivity index is 1.70. The number of hydrogen-bond donors (Lipinski definition) is 2. The SMILES string of the molecule is Cc1sc2nc(CN(CCC(C)C)C[C@@H](O)COc3ccccc3)[nH]c(=O)c2c1C. The summed E-state index contributed by atoms with van der Waals surface area (Å²) in [5.41, 5.74) is 0.911. The molecule has 0 saturated carbocycles. The molecule has 6 nitrogen and oxygen atoms in total. The van der Waals surface area contributed by atoms with Gasteiger partial charge in [0.25, 0.3) is 5.56 Å². The molecule has 0 saturated heterocycles. The molecule has 1 atom stereocenters. The number of ether oxygens (including phenoxy) is 1. The fourth-order valence-corrected chi connectivity index (χ4v) is 4.37. The zero-order chi connectivity index (χ0) is 21.7. The van der Waals surface area contributed by atoms with Gasteiger partial charge in [-0.3, -0.25) is 9.69 Å². The molecular weight excluding hydrogens is 398 g/mol. The van der Waals surface area contributed by atoms with Crippen molar-refractivity contribution in [3.8, 4) is 5.75 Å². The van der Waals surface area contributed by atoms with Gasteiger partial charge in [-0.05, 0) is 50.4 Å². The number of para-hydroxylation sites is 1. The maximum atomic E-state index is 12.6. The lowest BCUT2D eigenvalue weighted by Gasteiger charge is -2.25. The van der Waals surface area contributed by atoms with Crippen LogP contribution >= 0.6 is 11.3 Å². The van der Waals surface area contributed by atoms with Gasteiger partial charge < -0.3 is 14.8 Å². The second kappa shape index (κ2) is 10.2. The number of aliphatic hydroxyl groups excluding tert-OH is 1. The highest BCUT2D eigenvalue weighted by Crippen LogP contribution is 2.25. The van der Waals surface area contributed by atoms with Crippen molar-refractivity contribution in [1.82, 2.24) is 14.9 Å². The zero-order valence-corrected chi connectivity index (χ0v) is 19.0. The smallest absolute Gasteiger partial charge is 0.259 e. The molecule has 30 heavy (non-hydrogen) atoms. The first-order chi connectivity index (χ1) is 14.3. The molecule has 0 fully saturated rings. The van der Waals surface area contributed by atoms with Crippen LogP contribution in [0.2, 0.25) is 0 Å². The van der Waals surface area contributed by atoms with E-state index in [0.717, 1.165) is 34.0 Å². The van der Waals surface area contributed by atoms with Crippen LogP contribution in [0.5, 0.6) is 5.75 Å². The normalized spacial score (nSPS) is 12.8. The van der Waals surface area contributed by atoms with Crippen molar-refractivity contribution >= 4 is 21.6 Å². The quantitative estimate of drug-likeness (QED) is 0.511. The lowest BCUT2D eigenvalue weighted by Crippen LogP contribution is -2.37. The molecule has 3 aromatic rings. The Morgan fingerprint density at radius 1 is 1.23 bits per heavy atom. The van der Waals surface area contributed by atoms with E-state index in [9.17, 15) is 9.90 Å². The van der Waals surface area contributed by atoms with Crippen LogP contribution in [-0.2, 0) is 6.54 Å². The number of aromatic nitrogens is 2. The molecular formula is C23H31N3O3S. The van der Waals surface area contributed by atoms with Crippen LogP contribution in [0, 0.1) is 19.8 Å². The molecule has 0 bridgehead atoms. The highest BCUT2D eigenvalue weighted by atomic mass is 32.1. The summed E-state index contributed by atoms with van der Waals surface area (Å²) in [5.74, 6) is 1.92. The van der Waals surface area contributed by atoms with Gasteiger partial charge >= 0.3 is 0 Å². The Bertz CT molecular complexity index is 1010. The largest absolute Gasteiger partial charge is 0.491 e. The number of fused-ring (bicyclic) bond motifs is 1. The molecule has 0 aliphatic heterocycles. The predicted molar refractivity (Wildman–Crippen MR) is 122 cm³/mol. The van der Waals surface area contributed by atoms with Gasteiger partial charge in [-0.1, -0.05) is 32.0 Å². The van der Waals surface area contributed by atoms with Crippen LogP contribution in [0.3, 0.4) is 0 Å². The third-order valence-corrected chi connectivity index (χ3v) is 6.24. The number of aliphatic hydroxyl groups is 1. The van der Waals surface area contributed by atoms with E-state index >= 15 is 0 Å².